The van der Waals surface area contributed by atoms with Crippen molar-refractivity contribution in [2.75, 3.05) is 13.2 Å². The van der Waals surface area contributed by atoms with Crippen LogP contribution in [0.3, 0.4) is 0 Å². The van der Waals surface area contributed by atoms with Gasteiger partial charge in [-0.15, -0.1) is 0 Å². The predicted octanol–water partition coefficient (Wildman–Crippen LogP) is 17.0. The lowest BCUT2D eigenvalue weighted by atomic mass is 10.1. The first-order valence-corrected chi connectivity index (χ1v) is 25.7. The molecule has 6 heteroatoms. The van der Waals surface area contributed by atoms with Crippen LogP contribution >= 0.6 is 0 Å². The Kier molecular flexibility index (Phi) is 48.0. The van der Waals surface area contributed by atoms with Crippen molar-refractivity contribution in [3.63, 3.8) is 0 Å². The van der Waals surface area contributed by atoms with E-state index in [4.69, 9.17) is 14.2 Å². The second-order valence-corrected chi connectivity index (χ2v) is 16.7. The Morgan fingerprint density at radius 1 is 0.333 bits per heavy atom. The summed E-state index contributed by atoms with van der Waals surface area (Å²) in [6.07, 6.45) is 66.8. The summed E-state index contributed by atoms with van der Waals surface area (Å²) < 4.78 is 16.7. The number of esters is 3. The fourth-order valence-electron chi connectivity index (χ4n) is 6.72. The summed E-state index contributed by atoms with van der Waals surface area (Å²) in [6.45, 7) is 6.41. The number of hydrogen-bond donors (Lipinski definition) is 0. The van der Waals surface area contributed by atoms with Crippen molar-refractivity contribution >= 4 is 17.9 Å². The standard InChI is InChI=1S/C57H94O6/c1-4-7-10-13-16-19-22-24-26-28-30-32-35-38-41-44-47-50-56(59)62-53-54(52-61-55(58)49-46-43-40-37-34-21-18-15-12-9-6-3)63-57(60)51-48-45-42-39-36-33-31-29-27-25-23-20-17-14-11-8-5-2/h8,11,16-17,19-20,24-27,30-33,39,42,54H,4-7,9-10,12-15,18,21-23,28-29,34-38,40-41,43-53H2,1-3H3/b11-8-,19-16-,20-17-,26-24-,27-25-,32-30-,33-31-,42-39-/t54-/m0/s1. The number of allylic oxidation sites excluding steroid dienone is 16. The lowest BCUT2D eigenvalue weighted by molar-refractivity contribution is -0.167. The highest BCUT2D eigenvalue weighted by atomic mass is 16.6. The minimum atomic E-state index is -0.815. The van der Waals surface area contributed by atoms with E-state index in [9.17, 15) is 14.4 Å². The van der Waals surface area contributed by atoms with Crippen molar-refractivity contribution in [2.45, 2.75) is 232 Å². The monoisotopic (exact) mass is 875 g/mol. The molecule has 0 spiro atoms. The van der Waals surface area contributed by atoms with E-state index in [1.54, 1.807) is 0 Å². The first-order chi connectivity index (χ1) is 31.0. The first kappa shape index (κ1) is 59.3. The van der Waals surface area contributed by atoms with Gasteiger partial charge in [0.25, 0.3) is 0 Å². The summed E-state index contributed by atoms with van der Waals surface area (Å²) >= 11 is 0. The smallest absolute Gasteiger partial charge is 0.306 e. The summed E-state index contributed by atoms with van der Waals surface area (Å²) in [5.41, 5.74) is 0. The van der Waals surface area contributed by atoms with Gasteiger partial charge in [0.05, 0.1) is 0 Å². The summed E-state index contributed by atoms with van der Waals surface area (Å²) in [5.74, 6) is -0.992. The highest BCUT2D eigenvalue weighted by Gasteiger charge is 2.19. The van der Waals surface area contributed by atoms with Crippen LogP contribution in [-0.4, -0.2) is 37.2 Å². The third kappa shape index (κ3) is 49.2. The van der Waals surface area contributed by atoms with Crippen molar-refractivity contribution in [1.82, 2.24) is 0 Å². The molecule has 358 valence electrons. The molecule has 0 aliphatic carbocycles. The molecule has 0 aliphatic heterocycles. The van der Waals surface area contributed by atoms with Gasteiger partial charge >= 0.3 is 17.9 Å². The van der Waals surface area contributed by atoms with E-state index >= 15 is 0 Å². The Bertz CT molecular complexity index is 1280. The van der Waals surface area contributed by atoms with Gasteiger partial charge in [-0.25, -0.2) is 0 Å². The number of rotatable bonds is 45. The third-order valence-electron chi connectivity index (χ3n) is 10.6. The molecule has 0 saturated carbocycles. The van der Waals surface area contributed by atoms with Gasteiger partial charge in [-0.05, 0) is 96.3 Å². The number of ether oxygens (including phenoxy) is 3. The van der Waals surface area contributed by atoms with Crippen LogP contribution in [0.15, 0.2) is 97.2 Å². The van der Waals surface area contributed by atoms with Crippen LogP contribution in [0.1, 0.15) is 226 Å². The van der Waals surface area contributed by atoms with Crippen molar-refractivity contribution in [3.8, 4) is 0 Å². The second kappa shape index (κ2) is 51.0. The lowest BCUT2D eigenvalue weighted by Gasteiger charge is -2.18. The first-order valence-electron chi connectivity index (χ1n) is 25.7. The molecule has 0 aromatic carbocycles. The maximum Gasteiger partial charge on any atom is 0.306 e. The largest absolute Gasteiger partial charge is 0.462 e. The van der Waals surface area contributed by atoms with E-state index in [1.807, 2.05) is 0 Å². The molecular formula is C57H94O6. The molecule has 0 saturated heterocycles. The molecule has 0 N–H and O–H groups in total. The third-order valence-corrected chi connectivity index (χ3v) is 10.6. The fourth-order valence-corrected chi connectivity index (χ4v) is 6.72. The van der Waals surface area contributed by atoms with E-state index in [0.29, 0.717) is 19.3 Å². The Labute approximate surface area is 387 Å². The molecule has 0 aliphatic rings. The summed E-state index contributed by atoms with van der Waals surface area (Å²) in [6, 6.07) is 0. The van der Waals surface area contributed by atoms with E-state index in [0.717, 1.165) is 103 Å². The van der Waals surface area contributed by atoms with Crippen molar-refractivity contribution in [1.29, 1.82) is 0 Å². The van der Waals surface area contributed by atoms with Gasteiger partial charge in [0.15, 0.2) is 6.10 Å². The van der Waals surface area contributed by atoms with Crippen LogP contribution in [0.4, 0.5) is 0 Å². The zero-order chi connectivity index (χ0) is 45.8. The molecular weight excluding hydrogens is 781 g/mol. The molecule has 0 aromatic rings. The van der Waals surface area contributed by atoms with Crippen LogP contribution in [0.2, 0.25) is 0 Å². The molecule has 0 heterocycles. The van der Waals surface area contributed by atoms with Crippen LogP contribution in [-0.2, 0) is 28.6 Å². The molecule has 63 heavy (non-hydrogen) atoms. The highest BCUT2D eigenvalue weighted by Crippen LogP contribution is 2.13. The Balaban J connectivity index is 4.52. The van der Waals surface area contributed by atoms with Crippen molar-refractivity contribution in [2.24, 2.45) is 0 Å². The number of unbranched alkanes of at least 4 members (excludes halogenated alkanes) is 18. The predicted molar refractivity (Wildman–Crippen MR) is 270 cm³/mol. The van der Waals surface area contributed by atoms with Crippen LogP contribution in [0.25, 0.3) is 0 Å². The van der Waals surface area contributed by atoms with E-state index in [1.165, 1.54) is 77.0 Å². The maximum atomic E-state index is 12.8. The highest BCUT2D eigenvalue weighted by molar-refractivity contribution is 5.71. The van der Waals surface area contributed by atoms with Crippen molar-refractivity contribution in [3.05, 3.63) is 97.2 Å². The molecule has 1 atom stereocenters. The summed E-state index contributed by atoms with van der Waals surface area (Å²) in [7, 11) is 0. The van der Waals surface area contributed by atoms with Gasteiger partial charge < -0.3 is 14.2 Å². The van der Waals surface area contributed by atoms with E-state index in [2.05, 4.69) is 118 Å². The molecule has 6 nitrogen and oxygen atoms in total. The molecule has 0 unspecified atom stereocenters. The number of carbonyl (C=O) groups excluding carboxylic acids is 3. The molecule has 0 fully saturated rings. The van der Waals surface area contributed by atoms with Gasteiger partial charge in [0, 0.05) is 19.3 Å². The summed E-state index contributed by atoms with van der Waals surface area (Å²) in [5, 5.41) is 0. The molecule has 0 bridgehead atoms. The normalized spacial score (nSPS) is 12.9. The second-order valence-electron chi connectivity index (χ2n) is 16.7. The Hall–Kier alpha value is -3.67. The van der Waals surface area contributed by atoms with Crippen LogP contribution < -0.4 is 0 Å². The van der Waals surface area contributed by atoms with Crippen LogP contribution in [0.5, 0.6) is 0 Å². The van der Waals surface area contributed by atoms with Gasteiger partial charge in [-0.1, -0.05) is 208 Å². The molecule has 0 rings (SSSR count). The van der Waals surface area contributed by atoms with Crippen LogP contribution in [0, 0.1) is 0 Å². The molecule has 0 radical (unpaired) electrons. The van der Waals surface area contributed by atoms with Gasteiger partial charge in [-0.2, -0.15) is 0 Å². The van der Waals surface area contributed by atoms with Gasteiger partial charge in [0.1, 0.15) is 13.2 Å². The Morgan fingerprint density at radius 3 is 1.05 bits per heavy atom. The average Bonchev–Trinajstić information content (AvgIpc) is 3.28. The minimum Gasteiger partial charge on any atom is -0.462 e. The quantitative estimate of drug-likeness (QED) is 0.0262. The molecule has 0 aromatic heterocycles. The van der Waals surface area contributed by atoms with E-state index in [-0.39, 0.29) is 37.5 Å². The number of hydrogen-bond acceptors (Lipinski definition) is 6. The van der Waals surface area contributed by atoms with E-state index < -0.39 is 6.10 Å². The van der Waals surface area contributed by atoms with Gasteiger partial charge in [0.2, 0.25) is 0 Å². The average molecular weight is 875 g/mol. The Morgan fingerprint density at radius 2 is 0.635 bits per heavy atom. The zero-order valence-corrected chi connectivity index (χ0v) is 40.8. The zero-order valence-electron chi connectivity index (χ0n) is 40.8. The molecule has 0 amide bonds. The fraction of sp³-hybridized carbons (Fsp3) is 0.667. The minimum absolute atomic E-state index is 0.107. The maximum absolute atomic E-state index is 12.8. The number of carbonyl (C=O) groups is 3. The lowest BCUT2D eigenvalue weighted by Crippen LogP contribution is -2.30. The SMILES string of the molecule is CC/C=C\C/C=C\C/C=C\C/C=C\C/C=C\CCCC(=O)O[C@H](COC(=O)CCCCCC/C=C\C/C=C\C/C=C\CCCCC)COC(=O)CCCCCCCCCCCCC. The van der Waals surface area contributed by atoms with Crippen molar-refractivity contribution < 1.29 is 28.6 Å². The van der Waals surface area contributed by atoms with Gasteiger partial charge in [-0.3, -0.25) is 14.4 Å². The topological polar surface area (TPSA) is 78.9 Å². The summed E-state index contributed by atoms with van der Waals surface area (Å²) in [4.78, 5) is 37.9.